The average molecular weight is 238 g/mol. The molecule has 0 aromatic rings. The van der Waals surface area contributed by atoms with Crippen LogP contribution in [0.1, 0.15) is 6.42 Å². The van der Waals surface area contributed by atoms with Crippen LogP contribution in [-0.2, 0) is 14.3 Å². The summed E-state index contributed by atoms with van der Waals surface area (Å²) in [4.78, 5) is 21.0. The predicted molar refractivity (Wildman–Crippen MR) is 48.3 cm³/mol. The molecule has 0 saturated carbocycles. The Morgan fingerprint density at radius 2 is 1.69 bits per heavy atom. The van der Waals surface area contributed by atoms with Crippen molar-refractivity contribution < 1.29 is 39.9 Å². The van der Waals surface area contributed by atoms with Crippen LogP contribution in [0.4, 0.5) is 0 Å². The Morgan fingerprint density at radius 3 is 2.12 bits per heavy atom. The van der Waals surface area contributed by atoms with E-state index >= 15 is 0 Å². The maximum atomic E-state index is 10.9. The molecule has 0 aromatic heterocycles. The molecule has 0 rings (SSSR count). The summed E-state index contributed by atoms with van der Waals surface area (Å²) < 4.78 is 4.32. The molecule has 0 saturated heterocycles. The first-order valence-corrected chi connectivity index (χ1v) is 4.42. The Hall–Kier alpha value is -1.22. The van der Waals surface area contributed by atoms with E-state index in [2.05, 4.69) is 4.74 Å². The van der Waals surface area contributed by atoms with E-state index in [1.807, 2.05) is 0 Å². The molecule has 94 valence electrons. The largest absolute Gasteiger partial charge is 0.481 e. The van der Waals surface area contributed by atoms with Gasteiger partial charge in [0, 0.05) is 0 Å². The third-order valence-corrected chi connectivity index (χ3v) is 1.67. The van der Waals surface area contributed by atoms with Crippen LogP contribution in [0, 0.1) is 0 Å². The van der Waals surface area contributed by atoms with E-state index in [-0.39, 0.29) is 0 Å². The number of aliphatic carboxylic acids is 1. The predicted octanol–water partition coefficient (Wildman–Crippen LogP) is -2.92. The van der Waals surface area contributed by atoms with Gasteiger partial charge < -0.3 is 30.3 Å². The Kier molecular flexibility index (Phi) is 6.58. The second-order valence-corrected chi connectivity index (χ2v) is 3.06. The minimum Gasteiger partial charge on any atom is -0.481 e. The third-order valence-electron chi connectivity index (χ3n) is 1.67. The number of hydrogen-bond acceptors (Lipinski definition) is 7. The van der Waals surface area contributed by atoms with Crippen LogP contribution in [0.25, 0.3) is 0 Å². The fraction of sp³-hybridized carbons (Fsp3) is 0.750. The van der Waals surface area contributed by atoms with Crippen LogP contribution >= 0.6 is 0 Å². The molecule has 8 heteroatoms. The minimum absolute atomic E-state index is 0.642. The summed E-state index contributed by atoms with van der Waals surface area (Å²) in [7, 11) is 0. The Morgan fingerprint density at radius 1 is 1.12 bits per heavy atom. The molecular weight excluding hydrogens is 224 g/mol. The van der Waals surface area contributed by atoms with Gasteiger partial charge >= 0.3 is 11.9 Å². The number of carboxylic acids is 1. The van der Waals surface area contributed by atoms with E-state index < -0.39 is 49.9 Å². The van der Waals surface area contributed by atoms with Gasteiger partial charge in [-0.1, -0.05) is 0 Å². The van der Waals surface area contributed by atoms with Crippen LogP contribution in [0.5, 0.6) is 0 Å². The lowest BCUT2D eigenvalue weighted by Crippen LogP contribution is -2.36. The first-order valence-electron chi connectivity index (χ1n) is 4.42. The van der Waals surface area contributed by atoms with Crippen molar-refractivity contribution in [2.24, 2.45) is 0 Å². The number of carboxylic acid groups (broad SMARTS) is 1. The fourth-order valence-corrected chi connectivity index (χ4v) is 0.745. The summed E-state index contributed by atoms with van der Waals surface area (Å²) in [5.74, 6) is -2.59. The van der Waals surface area contributed by atoms with Gasteiger partial charge in [-0.15, -0.1) is 0 Å². The molecule has 0 aliphatic heterocycles. The quantitative estimate of drug-likeness (QED) is 0.296. The highest BCUT2D eigenvalue weighted by atomic mass is 16.6. The van der Waals surface area contributed by atoms with Gasteiger partial charge in [0.1, 0.15) is 18.8 Å². The molecule has 0 fully saturated rings. The molecule has 3 unspecified atom stereocenters. The van der Waals surface area contributed by atoms with Crippen molar-refractivity contribution in [3.05, 3.63) is 0 Å². The van der Waals surface area contributed by atoms with Gasteiger partial charge in [-0.25, -0.2) is 4.79 Å². The summed E-state index contributed by atoms with van der Waals surface area (Å²) in [5, 5.41) is 43.5. The van der Waals surface area contributed by atoms with Crippen LogP contribution in [0.2, 0.25) is 0 Å². The molecule has 0 radical (unpaired) electrons. The molecule has 5 N–H and O–H groups in total. The molecule has 3 atom stereocenters. The lowest BCUT2D eigenvalue weighted by Gasteiger charge is -2.16. The minimum atomic E-state index is -1.82. The lowest BCUT2D eigenvalue weighted by molar-refractivity contribution is -0.162. The molecular formula is C8H14O8. The number of hydrogen-bond donors (Lipinski definition) is 5. The molecule has 0 aliphatic rings. The normalized spacial score (nSPS) is 16.2. The molecule has 8 nitrogen and oxygen atoms in total. The lowest BCUT2D eigenvalue weighted by atomic mass is 10.2. The summed E-state index contributed by atoms with van der Waals surface area (Å²) >= 11 is 0. The third kappa shape index (κ3) is 5.61. The molecule has 0 aromatic carbocycles. The van der Waals surface area contributed by atoms with E-state index in [1.165, 1.54) is 0 Å². The van der Waals surface area contributed by atoms with Gasteiger partial charge in [0.05, 0.1) is 13.0 Å². The van der Waals surface area contributed by atoms with Crippen LogP contribution in [0.3, 0.4) is 0 Å². The Balaban J connectivity index is 3.92. The van der Waals surface area contributed by atoms with Crippen molar-refractivity contribution >= 4 is 11.9 Å². The number of aliphatic hydroxyl groups excluding tert-OH is 4. The highest BCUT2D eigenvalue weighted by molar-refractivity contribution is 5.80. The van der Waals surface area contributed by atoms with Crippen molar-refractivity contribution in [2.45, 2.75) is 24.7 Å². The standard InChI is InChI=1S/C8H14O8/c9-2-5(11)6(12)3-16-8(15)4(10)1-7(13)14/h4-6,9-12H,1-3H2,(H,13,14). The van der Waals surface area contributed by atoms with Gasteiger partial charge in [-0.05, 0) is 0 Å². The Bertz CT molecular complexity index is 240. The zero-order valence-corrected chi connectivity index (χ0v) is 8.31. The summed E-state index contributed by atoms with van der Waals surface area (Å²) in [6.45, 7) is -1.35. The number of carbonyl (C=O) groups is 2. The number of aliphatic hydroxyl groups is 4. The van der Waals surface area contributed by atoms with Crippen LogP contribution < -0.4 is 0 Å². The zero-order valence-electron chi connectivity index (χ0n) is 8.31. The summed E-state index contributed by atoms with van der Waals surface area (Å²) in [5.41, 5.74) is 0. The second kappa shape index (κ2) is 7.12. The average Bonchev–Trinajstić information content (AvgIpc) is 2.23. The van der Waals surface area contributed by atoms with Gasteiger partial charge in [0.2, 0.25) is 0 Å². The maximum absolute atomic E-state index is 10.9. The van der Waals surface area contributed by atoms with Crippen molar-refractivity contribution in [3.8, 4) is 0 Å². The van der Waals surface area contributed by atoms with Crippen molar-refractivity contribution in [2.75, 3.05) is 13.2 Å². The molecule has 0 spiro atoms. The SMILES string of the molecule is O=C(O)CC(O)C(=O)OCC(O)C(O)CO. The highest BCUT2D eigenvalue weighted by Gasteiger charge is 2.23. The summed E-state index contributed by atoms with van der Waals surface area (Å²) in [6.07, 6.45) is -5.59. The molecule has 0 amide bonds. The van der Waals surface area contributed by atoms with E-state index in [1.54, 1.807) is 0 Å². The number of esters is 1. The van der Waals surface area contributed by atoms with Gasteiger partial charge in [-0.2, -0.15) is 0 Å². The number of ether oxygens (including phenoxy) is 1. The highest BCUT2D eigenvalue weighted by Crippen LogP contribution is 1.99. The van der Waals surface area contributed by atoms with E-state index in [4.69, 9.17) is 25.5 Å². The smallest absolute Gasteiger partial charge is 0.335 e. The van der Waals surface area contributed by atoms with Gasteiger partial charge in [0.15, 0.2) is 6.10 Å². The fourth-order valence-electron chi connectivity index (χ4n) is 0.745. The van der Waals surface area contributed by atoms with E-state index in [0.29, 0.717) is 0 Å². The maximum Gasteiger partial charge on any atom is 0.335 e. The van der Waals surface area contributed by atoms with Gasteiger partial charge in [-0.3, -0.25) is 4.79 Å². The number of rotatable bonds is 7. The summed E-state index contributed by atoms with van der Waals surface area (Å²) in [6, 6.07) is 0. The van der Waals surface area contributed by atoms with Crippen molar-refractivity contribution in [3.63, 3.8) is 0 Å². The van der Waals surface area contributed by atoms with E-state index in [9.17, 15) is 9.59 Å². The molecule has 0 bridgehead atoms. The topological polar surface area (TPSA) is 145 Å². The monoisotopic (exact) mass is 238 g/mol. The van der Waals surface area contributed by atoms with Crippen molar-refractivity contribution in [1.82, 2.24) is 0 Å². The van der Waals surface area contributed by atoms with Gasteiger partial charge in [0.25, 0.3) is 0 Å². The molecule has 16 heavy (non-hydrogen) atoms. The van der Waals surface area contributed by atoms with Crippen LogP contribution in [0.15, 0.2) is 0 Å². The number of carbonyl (C=O) groups excluding carboxylic acids is 1. The first kappa shape index (κ1) is 14.8. The molecule has 0 heterocycles. The second-order valence-electron chi connectivity index (χ2n) is 3.06. The Labute approximate surface area is 90.7 Å². The van der Waals surface area contributed by atoms with Crippen LogP contribution in [-0.4, -0.2) is 69.0 Å². The zero-order chi connectivity index (χ0) is 12.7. The molecule has 0 aliphatic carbocycles. The first-order chi connectivity index (χ1) is 7.38. The van der Waals surface area contributed by atoms with E-state index in [0.717, 1.165) is 0 Å². The van der Waals surface area contributed by atoms with Crippen molar-refractivity contribution in [1.29, 1.82) is 0 Å².